The fraction of sp³-hybridized carbons (Fsp3) is 0.100. The van der Waals surface area contributed by atoms with Gasteiger partial charge in [0.15, 0.2) is 5.69 Å². The topological polar surface area (TPSA) is 43.8 Å². The zero-order valence-corrected chi connectivity index (χ0v) is 8.37. The molecule has 0 bridgehead atoms. The Kier molecular flexibility index (Phi) is 2.53. The second-order valence-electron chi connectivity index (χ2n) is 3.32. The first-order chi connectivity index (χ1) is 7.89. The number of para-hydroxylation sites is 1. The van der Waals surface area contributed by atoms with Crippen molar-refractivity contribution < 1.29 is 17.6 Å². The monoisotopic (exact) mass is 245 g/mol. The molecular formula is C10H7F4N3. The van der Waals surface area contributed by atoms with E-state index < -0.39 is 17.7 Å². The molecule has 1 aromatic carbocycles. The fourth-order valence-electron chi connectivity index (χ4n) is 1.35. The van der Waals surface area contributed by atoms with Crippen LogP contribution in [0.5, 0.6) is 0 Å². The van der Waals surface area contributed by atoms with Crippen molar-refractivity contribution in [1.82, 2.24) is 9.78 Å². The molecule has 3 nitrogen and oxygen atoms in total. The average molecular weight is 245 g/mol. The van der Waals surface area contributed by atoms with E-state index in [2.05, 4.69) is 5.10 Å². The van der Waals surface area contributed by atoms with Crippen LogP contribution in [0.4, 0.5) is 23.4 Å². The first kappa shape index (κ1) is 11.4. The minimum absolute atomic E-state index is 0.125. The van der Waals surface area contributed by atoms with E-state index >= 15 is 0 Å². The molecule has 7 heteroatoms. The molecule has 0 aliphatic carbocycles. The van der Waals surface area contributed by atoms with Crippen molar-refractivity contribution >= 4 is 5.82 Å². The summed E-state index contributed by atoms with van der Waals surface area (Å²) in [6, 6.07) is 5.96. The Morgan fingerprint density at radius 2 is 1.82 bits per heavy atom. The smallest absolute Gasteiger partial charge is 0.384 e. The maximum absolute atomic E-state index is 13.4. The fourth-order valence-corrected chi connectivity index (χ4v) is 1.35. The number of benzene rings is 1. The minimum atomic E-state index is -4.61. The lowest BCUT2D eigenvalue weighted by Crippen LogP contribution is -2.08. The van der Waals surface area contributed by atoms with E-state index in [9.17, 15) is 17.6 Å². The first-order valence-electron chi connectivity index (χ1n) is 4.57. The predicted octanol–water partition coefficient (Wildman–Crippen LogP) is 2.61. The molecule has 0 saturated heterocycles. The maximum Gasteiger partial charge on any atom is 0.435 e. The Morgan fingerprint density at radius 1 is 1.18 bits per heavy atom. The molecule has 2 N–H and O–H groups in total. The van der Waals surface area contributed by atoms with Gasteiger partial charge in [0.1, 0.15) is 17.3 Å². The maximum atomic E-state index is 13.4. The largest absolute Gasteiger partial charge is 0.435 e. The third kappa shape index (κ3) is 2.08. The lowest BCUT2D eigenvalue weighted by molar-refractivity contribution is -0.141. The highest BCUT2D eigenvalue weighted by Gasteiger charge is 2.35. The Morgan fingerprint density at radius 3 is 2.35 bits per heavy atom. The van der Waals surface area contributed by atoms with E-state index in [-0.39, 0.29) is 11.5 Å². The van der Waals surface area contributed by atoms with E-state index in [4.69, 9.17) is 5.73 Å². The normalized spacial score (nSPS) is 11.8. The number of hydrogen-bond donors (Lipinski definition) is 1. The van der Waals surface area contributed by atoms with Gasteiger partial charge in [0.2, 0.25) is 0 Å². The van der Waals surface area contributed by atoms with Crippen molar-refractivity contribution in [1.29, 1.82) is 0 Å². The third-order valence-corrected chi connectivity index (χ3v) is 2.11. The molecule has 0 fully saturated rings. The molecule has 1 aromatic heterocycles. The van der Waals surface area contributed by atoms with E-state index in [1.165, 1.54) is 18.2 Å². The van der Waals surface area contributed by atoms with Crippen molar-refractivity contribution in [2.75, 3.05) is 5.73 Å². The number of alkyl halides is 3. The van der Waals surface area contributed by atoms with Gasteiger partial charge in [-0.1, -0.05) is 12.1 Å². The summed E-state index contributed by atoms with van der Waals surface area (Å²) in [5.74, 6) is -0.974. The highest BCUT2D eigenvalue weighted by molar-refractivity contribution is 5.44. The molecule has 0 amide bonds. The Bertz CT molecular complexity index is 545. The van der Waals surface area contributed by atoms with Gasteiger partial charge in [-0.15, -0.1) is 0 Å². The van der Waals surface area contributed by atoms with Gasteiger partial charge < -0.3 is 5.73 Å². The van der Waals surface area contributed by atoms with Crippen LogP contribution in [0.1, 0.15) is 5.69 Å². The quantitative estimate of drug-likeness (QED) is 0.785. The summed E-state index contributed by atoms with van der Waals surface area (Å²) in [6.07, 6.45) is -4.61. The summed E-state index contributed by atoms with van der Waals surface area (Å²) in [5, 5.41) is 3.24. The predicted molar refractivity (Wildman–Crippen MR) is 52.9 cm³/mol. The Balaban J connectivity index is 2.55. The minimum Gasteiger partial charge on any atom is -0.384 e. The van der Waals surface area contributed by atoms with Crippen LogP contribution in [-0.2, 0) is 6.18 Å². The van der Waals surface area contributed by atoms with Gasteiger partial charge >= 0.3 is 6.18 Å². The zero-order chi connectivity index (χ0) is 12.6. The SMILES string of the molecule is Nc1cc(C(F)(F)F)nn1-c1ccccc1F. The van der Waals surface area contributed by atoms with Crippen molar-refractivity contribution in [3.63, 3.8) is 0 Å². The van der Waals surface area contributed by atoms with E-state index in [0.717, 1.165) is 10.7 Å². The van der Waals surface area contributed by atoms with E-state index in [0.29, 0.717) is 6.07 Å². The van der Waals surface area contributed by atoms with Crippen LogP contribution < -0.4 is 5.73 Å². The molecule has 0 spiro atoms. The Hall–Kier alpha value is -2.05. The number of halogens is 4. The molecule has 0 saturated carbocycles. The van der Waals surface area contributed by atoms with Gasteiger partial charge in [-0.3, -0.25) is 0 Å². The molecule has 0 atom stereocenters. The van der Waals surface area contributed by atoms with Gasteiger partial charge in [0.25, 0.3) is 0 Å². The van der Waals surface area contributed by atoms with Crippen LogP contribution >= 0.6 is 0 Å². The van der Waals surface area contributed by atoms with Crippen LogP contribution in [0.15, 0.2) is 30.3 Å². The number of nitrogens with zero attached hydrogens (tertiary/aromatic N) is 2. The number of nitrogens with two attached hydrogens (primary N) is 1. The van der Waals surface area contributed by atoms with Crippen LogP contribution in [0, 0.1) is 5.82 Å². The van der Waals surface area contributed by atoms with E-state index in [1.54, 1.807) is 0 Å². The number of nitrogen functional groups attached to an aromatic ring is 1. The highest BCUT2D eigenvalue weighted by Crippen LogP contribution is 2.30. The third-order valence-electron chi connectivity index (χ3n) is 2.11. The number of hydrogen-bond acceptors (Lipinski definition) is 2. The molecule has 0 radical (unpaired) electrons. The molecule has 90 valence electrons. The van der Waals surface area contributed by atoms with Crippen LogP contribution in [0.25, 0.3) is 5.69 Å². The van der Waals surface area contributed by atoms with Gasteiger partial charge in [0.05, 0.1) is 0 Å². The summed E-state index contributed by atoms with van der Waals surface area (Å²) in [6.45, 7) is 0. The van der Waals surface area contributed by atoms with Gasteiger partial charge in [-0.25, -0.2) is 9.07 Å². The molecule has 0 aliphatic rings. The standard InChI is InChI=1S/C10H7F4N3/c11-6-3-1-2-4-7(6)17-9(15)5-8(16-17)10(12,13)14/h1-5H,15H2. The number of aromatic nitrogens is 2. The molecule has 0 aliphatic heterocycles. The van der Waals surface area contributed by atoms with Gasteiger partial charge in [-0.2, -0.15) is 18.3 Å². The van der Waals surface area contributed by atoms with Crippen molar-refractivity contribution in [2.24, 2.45) is 0 Å². The molecular weight excluding hydrogens is 238 g/mol. The van der Waals surface area contributed by atoms with E-state index in [1.807, 2.05) is 0 Å². The van der Waals surface area contributed by atoms with Crippen LogP contribution in [0.2, 0.25) is 0 Å². The Labute approximate surface area is 93.5 Å². The molecule has 0 unspecified atom stereocenters. The second-order valence-corrected chi connectivity index (χ2v) is 3.32. The van der Waals surface area contributed by atoms with Crippen LogP contribution in [-0.4, -0.2) is 9.78 Å². The molecule has 2 rings (SSSR count). The van der Waals surface area contributed by atoms with Crippen molar-refractivity contribution in [2.45, 2.75) is 6.18 Å². The highest BCUT2D eigenvalue weighted by atomic mass is 19.4. The molecule has 17 heavy (non-hydrogen) atoms. The van der Waals surface area contributed by atoms with Gasteiger partial charge in [0, 0.05) is 6.07 Å². The van der Waals surface area contributed by atoms with Gasteiger partial charge in [-0.05, 0) is 12.1 Å². The summed E-state index contributed by atoms with van der Waals surface area (Å²) in [4.78, 5) is 0. The summed E-state index contributed by atoms with van der Waals surface area (Å²) in [5.41, 5.74) is 4.09. The van der Waals surface area contributed by atoms with Crippen molar-refractivity contribution in [3.05, 3.63) is 41.8 Å². The summed E-state index contributed by atoms with van der Waals surface area (Å²) < 4.78 is 51.2. The second kappa shape index (κ2) is 3.76. The zero-order valence-electron chi connectivity index (χ0n) is 8.37. The number of rotatable bonds is 1. The molecule has 2 aromatic rings. The number of anilines is 1. The molecule has 1 heterocycles. The van der Waals surface area contributed by atoms with Crippen molar-refractivity contribution in [3.8, 4) is 5.69 Å². The lowest BCUT2D eigenvalue weighted by Gasteiger charge is -2.05. The average Bonchev–Trinajstić information content (AvgIpc) is 2.61. The lowest BCUT2D eigenvalue weighted by atomic mass is 10.3. The van der Waals surface area contributed by atoms with Crippen LogP contribution in [0.3, 0.4) is 0 Å². The summed E-state index contributed by atoms with van der Waals surface area (Å²) >= 11 is 0. The summed E-state index contributed by atoms with van der Waals surface area (Å²) in [7, 11) is 0. The first-order valence-corrected chi connectivity index (χ1v) is 4.57.